The molecule has 4 rings (SSSR count). The molecule has 8 heteroatoms. The van der Waals surface area contributed by atoms with Crippen LogP contribution in [0.5, 0.6) is 0 Å². The molecule has 0 atom stereocenters. The van der Waals surface area contributed by atoms with Crippen LogP contribution in [-0.4, -0.2) is 60.2 Å². The quantitative estimate of drug-likeness (QED) is 0.860. The molecule has 29 heavy (non-hydrogen) atoms. The molecule has 2 amide bonds. The Balaban J connectivity index is 1.34. The zero-order chi connectivity index (χ0) is 20.2. The number of amides is 2. The van der Waals surface area contributed by atoms with E-state index in [1.54, 1.807) is 24.0 Å². The largest absolute Gasteiger partial charge is 0.353 e. The molecule has 0 radical (unpaired) electrons. The fourth-order valence-corrected chi connectivity index (χ4v) is 3.77. The van der Waals surface area contributed by atoms with Crippen molar-refractivity contribution in [3.8, 4) is 0 Å². The van der Waals surface area contributed by atoms with Gasteiger partial charge in [-0.15, -0.1) is 0 Å². The molecular formula is C21H27FN6O. The molecule has 2 aliphatic heterocycles. The van der Waals surface area contributed by atoms with Crippen molar-refractivity contribution in [2.24, 2.45) is 0 Å². The molecule has 1 aromatic heterocycles. The van der Waals surface area contributed by atoms with Gasteiger partial charge in [0.15, 0.2) is 0 Å². The number of carbonyl (C=O) groups is 1. The summed E-state index contributed by atoms with van der Waals surface area (Å²) in [5.41, 5.74) is 1.04. The van der Waals surface area contributed by atoms with Gasteiger partial charge in [0, 0.05) is 51.2 Å². The summed E-state index contributed by atoms with van der Waals surface area (Å²) in [4.78, 5) is 27.9. The van der Waals surface area contributed by atoms with Crippen LogP contribution in [0, 0.1) is 12.7 Å². The molecule has 2 aliphatic rings. The molecule has 2 fully saturated rings. The molecule has 0 saturated carbocycles. The standard InChI is InChI=1S/C21H27FN6O/c1-16-5-6-17(15-18(16)22)24-21(29)28-13-11-26(12-14-28)19-7-8-23-20(25-19)27-9-3-2-4-10-27/h5-8,15H,2-4,9-14H2,1H3,(H,24,29). The second-order valence-electron chi connectivity index (χ2n) is 7.63. The molecule has 3 heterocycles. The minimum Gasteiger partial charge on any atom is -0.353 e. The first-order chi connectivity index (χ1) is 14.1. The molecule has 1 aromatic carbocycles. The molecule has 2 aromatic rings. The van der Waals surface area contributed by atoms with E-state index >= 15 is 0 Å². The molecular weight excluding hydrogens is 371 g/mol. The van der Waals surface area contributed by atoms with Crippen LogP contribution in [0.3, 0.4) is 0 Å². The summed E-state index contributed by atoms with van der Waals surface area (Å²) in [6, 6.07) is 6.46. The van der Waals surface area contributed by atoms with Crippen LogP contribution in [0.1, 0.15) is 24.8 Å². The van der Waals surface area contributed by atoms with Gasteiger partial charge in [0.05, 0.1) is 0 Å². The first kappa shape index (κ1) is 19.4. The van der Waals surface area contributed by atoms with Crippen molar-refractivity contribution in [1.82, 2.24) is 14.9 Å². The van der Waals surface area contributed by atoms with Gasteiger partial charge in [0.2, 0.25) is 5.95 Å². The maximum absolute atomic E-state index is 13.7. The van der Waals surface area contributed by atoms with Crippen LogP contribution < -0.4 is 15.1 Å². The maximum Gasteiger partial charge on any atom is 0.321 e. The highest BCUT2D eigenvalue weighted by molar-refractivity contribution is 5.89. The number of aromatic nitrogens is 2. The minimum atomic E-state index is -0.319. The molecule has 154 valence electrons. The third-order valence-electron chi connectivity index (χ3n) is 5.58. The number of anilines is 3. The Morgan fingerprint density at radius 1 is 1.00 bits per heavy atom. The predicted octanol–water partition coefficient (Wildman–Crippen LogP) is 3.27. The summed E-state index contributed by atoms with van der Waals surface area (Å²) in [7, 11) is 0. The van der Waals surface area contributed by atoms with Gasteiger partial charge >= 0.3 is 6.03 Å². The Morgan fingerprint density at radius 2 is 1.76 bits per heavy atom. The van der Waals surface area contributed by atoms with Crippen molar-refractivity contribution in [1.29, 1.82) is 0 Å². The second-order valence-corrected chi connectivity index (χ2v) is 7.63. The van der Waals surface area contributed by atoms with E-state index in [9.17, 15) is 9.18 Å². The fourth-order valence-electron chi connectivity index (χ4n) is 3.77. The van der Waals surface area contributed by atoms with Crippen molar-refractivity contribution >= 4 is 23.5 Å². The van der Waals surface area contributed by atoms with Crippen LogP contribution in [0.25, 0.3) is 0 Å². The third-order valence-corrected chi connectivity index (χ3v) is 5.58. The van der Waals surface area contributed by atoms with Crippen molar-refractivity contribution in [3.05, 3.63) is 41.8 Å². The molecule has 0 unspecified atom stereocenters. The monoisotopic (exact) mass is 398 g/mol. The normalized spacial score (nSPS) is 17.4. The fraction of sp³-hybridized carbons (Fsp3) is 0.476. The maximum atomic E-state index is 13.7. The van der Waals surface area contributed by atoms with Crippen molar-refractivity contribution in [2.45, 2.75) is 26.2 Å². The summed E-state index contributed by atoms with van der Waals surface area (Å²) in [6.07, 6.45) is 5.46. The average Bonchev–Trinajstić information content (AvgIpc) is 2.77. The number of piperidine rings is 1. The Bertz CT molecular complexity index is 862. The van der Waals surface area contributed by atoms with E-state index in [4.69, 9.17) is 4.98 Å². The van der Waals surface area contributed by atoms with Crippen LogP contribution in [0.15, 0.2) is 30.5 Å². The molecule has 7 nitrogen and oxygen atoms in total. The lowest BCUT2D eigenvalue weighted by atomic mass is 10.1. The Hall–Kier alpha value is -2.90. The summed E-state index contributed by atoms with van der Waals surface area (Å²) in [5.74, 6) is 1.38. The molecule has 0 spiro atoms. The number of rotatable bonds is 3. The number of carbonyl (C=O) groups excluding carboxylic acids is 1. The Morgan fingerprint density at radius 3 is 2.48 bits per heavy atom. The zero-order valence-electron chi connectivity index (χ0n) is 16.8. The van der Waals surface area contributed by atoms with Gasteiger partial charge in [-0.05, 0) is 49.9 Å². The number of piperazine rings is 1. The second kappa shape index (κ2) is 8.63. The molecule has 0 bridgehead atoms. The van der Waals surface area contributed by atoms with E-state index in [0.29, 0.717) is 37.4 Å². The lowest BCUT2D eigenvalue weighted by molar-refractivity contribution is 0.208. The van der Waals surface area contributed by atoms with E-state index in [0.717, 1.165) is 24.9 Å². The number of hydrogen-bond donors (Lipinski definition) is 1. The molecule has 0 aliphatic carbocycles. The highest BCUT2D eigenvalue weighted by atomic mass is 19.1. The third kappa shape index (κ3) is 4.58. The summed E-state index contributed by atoms with van der Waals surface area (Å²) < 4.78 is 13.7. The van der Waals surface area contributed by atoms with E-state index in [2.05, 4.69) is 20.1 Å². The summed E-state index contributed by atoms with van der Waals surface area (Å²) in [6.45, 7) is 6.29. The Kier molecular flexibility index (Phi) is 5.78. The zero-order valence-corrected chi connectivity index (χ0v) is 16.8. The first-order valence-corrected chi connectivity index (χ1v) is 10.3. The van der Waals surface area contributed by atoms with Gasteiger partial charge in [0.1, 0.15) is 11.6 Å². The number of urea groups is 1. The lowest BCUT2D eigenvalue weighted by Gasteiger charge is -2.35. The summed E-state index contributed by atoms with van der Waals surface area (Å²) >= 11 is 0. The minimum absolute atomic E-state index is 0.204. The summed E-state index contributed by atoms with van der Waals surface area (Å²) in [5, 5.41) is 2.78. The number of aryl methyl sites for hydroxylation is 1. The number of nitrogens with one attached hydrogen (secondary N) is 1. The van der Waals surface area contributed by atoms with Crippen molar-refractivity contribution in [3.63, 3.8) is 0 Å². The van der Waals surface area contributed by atoms with Crippen LogP contribution in [-0.2, 0) is 0 Å². The highest BCUT2D eigenvalue weighted by Crippen LogP contribution is 2.20. The first-order valence-electron chi connectivity index (χ1n) is 10.3. The topological polar surface area (TPSA) is 64.6 Å². The van der Waals surface area contributed by atoms with E-state index in [-0.39, 0.29) is 11.8 Å². The van der Waals surface area contributed by atoms with E-state index in [1.807, 2.05) is 12.3 Å². The SMILES string of the molecule is Cc1ccc(NC(=O)N2CCN(c3ccnc(N4CCCCC4)n3)CC2)cc1F. The number of halogens is 1. The van der Waals surface area contributed by atoms with Crippen LogP contribution in [0.4, 0.5) is 26.6 Å². The highest BCUT2D eigenvalue weighted by Gasteiger charge is 2.23. The molecule has 1 N–H and O–H groups in total. The van der Waals surface area contributed by atoms with Crippen molar-refractivity contribution < 1.29 is 9.18 Å². The van der Waals surface area contributed by atoms with Crippen molar-refractivity contribution in [2.75, 3.05) is 54.4 Å². The van der Waals surface area contributed by atoms with E-state index < -0.39 is 0 Å². The number of hydrogen-bond acceptors (Lipinski definition) is 5. The molecule has 2 saturated heterocycles. The van der Waals surface area contributed by atoms with Gasteiger partial charge < -0.3 is 20.0 Å². The van der Waals surface area contributed by atoms with Gasteiger partial charge in [0.25, 0.3) is 0 Å². The average molecular weight is 398 g/mol. The smallest absolute Gasteiger partial charge is 0.321 e. The van der Waals surface area contributed by atoms with E-state index in [1.165, 1.54) is 25.3 Å². The lowest BCUT2D eigenvalue weighted by Crippen LogP contribution is -2.50. The predicted molar refractivity (Wildman–Crippen MR) is 112 cm³/mol. The van der Waals surface area contributed by atoms with Gasteiger partial charge in [-0.1, -0.05) is 6.07 Å². The number of benzene rings is 1. The van der Waals surface area contributed by atoms with Gasteiger partial charge in [-0.3, -0.25) is 0 Å². The van der Waals surface area contributed by atoms with Gasteiger partial charge in [-0.2, -0.15) is 4.98 Å². The number of nitrogens with zero attached hydrogens (tertiary/aromatic N) is 5. The van der Waals surface area contributed by atoms with Crippen LogP contribution >= 0.6 is 0 Å². The van der Waals surface area contributed by atoms with Crippen LogP contribution in [0.2, 0.25) is 0 Å². The Labute approximate surface area is 170 Å². The van der Waals surface area contributed by atoms with Gasteiger partial charge in [-0.25, -0.2) is 14.2 Å².